The van der Waals surface area contributed by atoms with Crippen LogP contribution in [0.1, 0.15) is 33.4 Å². The van der Waals surface area contributed by atoms with E-state index < -0.39 is 0 Å². The van der Waals surface area contributed by atoms with Crippen molar-refractivity contribution in [1.82, 2.24) is 0 Å². The predicted octanol–water partition coefficient (Wildman–Crippen LogP) is 10.7. The summed E-state index contributed by atoms with van der Waals surface area (Å²) in [5.74, 6) is 0. The number of aryl methyl sites for hydroxylation is 4. The summed E-state index contributed by atoms with van der Waals surface area (Å²) in [5, 5.41) is 9.53. The standard InChI is InChI=1S/C42H33N3/c1-29-41(44-37-14-6-2-10-32(37)22-23-33-11-3-7-15-38(33)44)26-36(31-20-18-30(28-43)19-21-31)27-42(29)45-39-16-8-4-12-34(39)24-25-35-13-5-9-17-40(35)45/h2-21,26-27H,22-25H2,1H3. The summed E-state index contributed by atoms with van der Waals surface area (Å²) < 4.78 is 0. The molecule has 0 saturated carbocycles. The number of benzene rings is 6. The molecule has 2 heterocycles. The Bertz CT molecular complexity index is 1890. The average molecular weight is 580 g/mol. The SMILES string of the molecule is Cc1c(N2c3ccccc3CCc3ccccc32)cc(-c2ccc(C#N)cc2)cc1N1c2ccccc2CCc2ccccc21. The zero-order valence-corrected chi connectivity index (χ0v) is 25.4. The van der Waals surface area contributed by atoms with Crippen molar-refractivity contribution in [2.24, 2.45) is 0 Å². The molecule has 0 radical (unpaired) electrons. The Kier molecular flexibility index (Phi) is 6.69. The first-order valence-corrected chi connectivity index (χ1v) is 15.8. The van der Waals surface area contributed by atoms with E-state index in [-0.39, 0.29) is 0 Å². The van der Waals surface area contributed by atoms with E-state index in [2.05, 4.69) is 144 Å². The van der Waals surface area contributed by atoms with Gasteiger partial charge in [-0.15, -0.1) is 0 Å². The Hall–Kier alpha value is -5.59. The third-order valence-corrected chi connectivity index (χ3v) is 9.44. The normalized spacial score (nSPS) is 13.4. The second-order valence-corrected chi connectivity index (χ2v) is 12.0. The highest BCUT2D eigenvalue weighted by Crippen LogP contribution is 2.50. The van der Waals surface area contributed by atoms with Crippen molar-refractivity contribution in [3.63, 3.8) is 0 Å². The van der Waals surface area contributed by atoms with Gasteiger partial charge in [0.1, 0.15) is 0 Å². The van der Waals surface area contributed by atoms with E-state index in [0.29, 0.717) is 5.56 Å². The first-order valence-electron chi connectivity index (χ1n) is 15.8. The summed E-state index contributed by atoms with van der Waals surface area (Å²) in [7, 11) is 0. The molecule has 6 aromatic rings. The Morgan fingerprint density at radius 3 is 1.16 bits per heavy atom. The van der Waals surface area contributed by atoms with E-state index in [1.54, 1.807) is 0 Å². The largest absolute Gasteiger partial charge is 0.310 e. The van der Waals surface area contributed by atoms with Crippen LogP contribution in [0.15, 0.2) is 133 Å². The molecule has 3 heteroatoms. The maximum Gasteiger partial charge on any atom is 0.0991 e. The predicted molar refractivity (Wildman–Crippen MR) is 186 cm³/mol. The molecule has 0 bridgehead atoms. The molecule has 216 valence electrons. The van der Waals surface area contributed by atoms with Gasteiger partial charge < -0.3 is 9.80 Å². The number of fused-ring (bicyclic) bond motifs is 4. The number of hydrogen-bond acceptors (Lipinski definition) is 3. The van der Waals surface area contributed by atoms with Gasteiger partial charge in [0.05, 0.1) is 23.0 Å². The lowest BCUT2D eigenvalue weighted by Gasteiger charge is -2.34. The first-order chi connectivity index (χ1) is 22.2. The molecule has 0 aromatic heterocycles. The number of nitrogens with zero attached hydrogens (tertiary/aromatic N) is 3. The lowest BCUT2D eigenvalue weighted by molar-refractivity contribution is 0.977. The fourth-order valence-corrected chi connectivity index (χ4v) is 7.13. The molecule has 3 nitrogen and oxygen atoms in total. The number of anilines is 6. The molecule has 0 saturated heterocycles. The fourth-order valence-electron chi connectivity index (χ4n) is 7.13. The summed E-state index contributed by atoms with van der Waals surface area (Å²) in [6, 6.07) is 50.4. The Morgan fingerprint density at radius 2 is 0.800 bits per heavy atom. The molecular weight excluding hydrogens is 546 g/mol. The van der Waals surface area contributed by atoms with Crippen LogP contribution in [0, 0.1) is 18.3 Å². The monoisotopic (exact) mass is 579 g/mol. The highest BCUT2D eigenvalue weighted by atomic mass is 15.2. The van der Waals surface area contributed by atoms with Crippen LogP contribution in [0.5, 0.6) is 0 Å². The molecule has 0 spiro atoms. The van der Waals surface area contributed by atoms with Gasteiger partial charge in [0.2, 0.25) is 0 Å². The van der Waals surface area contributed by atoms with Gasteiger partial charge in [0.15, 0.2) is 0 Å². The Labute approximate surface area is 265 Å². The van der Waals surface area contributed by atoms with Crippen LogP contribution in [0.4, 0.5) is 34.1 Å². The minimum atomic E-state index is 0.664. The molecular formula is C42H33N3. The molecule has 45 heavy (non-hydrogen) atoms. The summed E-state index contributed by atoms with van der Waals surface area (Å²) in [4.78, 5) is 4.97. The molecule has 0 aliphatic carbocycles. The van der Waals surface area contributed by atoms with Gasteiger partial charge in [-0.05, 0) is 120 Å². The average Bonchev–Trinajstić information content (AvgIpc) is 3.37. The molecule has 0 fully saturated rings. The minimum absolute atomic E-state index is 0.664. The molecule has 0 N–H and O–H groups in total. The maximum absolute atomic E-state index is 9.53. The van der Waals surface area contributed by atoms with E-state index in [1.165, 1.54) is 50.6 Å². The van der Waals surface area contributed by atoms with E-state index in [9.17, 15) is 5.26 Å². The molecule has 0 unspecified atom stereocenters. The number of hydrogen-bond donors (Lipinski definition) is 0. The van der Waals surface area contributed by atoms with Crippen LogP contribution in [-0.2, 0) is 25.7 Å². The minimum Gasteiger partial charge on any atom is -0.310 e. The van der Waals surface area contributed by atoms with Crippen molar-refractivity contribution in [3.05, 3.63) is 167 Å². The first kappa shape index (κ1) is 27.0. The molecule has 8 rings (SSSR count). The molecule has 0 amide bonds. The maximum atomic E-state index is 9.53. The third kappa shape index (κ3) is 4.67. The topological polar surface area (TPSA) is 30.3 Å². The van der Waals surface area contributed by atoms with Crippen molar-refractivity contribution in [3.8, 4) is 17.2 Å². The van der Waals surface area contributed by atoms with E-state index in [4.69, 9.17) is 0 Å². The van der Waals surface area contributed by atoms with Gasteiger partial charge in [-0.1, -0.05) is 84.9 Å². The molecule has 2 aliphatic rings. The van der Waals surface area contributed by atoms with Gasteiger partial charge in [-0.25, -0.2) is 0 Å². The molecule has 0 atom stereocenters. The summed E-state index contributed by atoms with van der Waals surface area (Å²) in [6.45, 7) is 2.28. The van der Waals surface area contributed by atoms with Crippen LogP contribution in [0.2, 0.25) is 0 Å². The fraction of sp³-hybridized carbons (Fsp3) is 0.119. The van der Waals surface area contributed by atoms with Gasteiger partial charge in [0.25, 0.3) is 0 Å². The highest BCUT2D eigenvalue weighted by Gasteiger charge is 2.28. The van der Waals surface area contributed by atoms with E-state index in [1.807, 2.05) is 12.1 Å². The molecule has 2 aliphatic heterocycles. The second-order valence-electron chi connectivity index (χ2n) is 12.0. The number of nitriles is 1. The van der Waals surface area contributed by atoms with E-state index >= 15 is 0 Å². The van der Waals surface area contributed by atoms with Crippen molar-refractivity contribution >= 4 is 34.1 Å². The Morgan fingerprint density at radius 1 is 0.444 bits per heavy atom. The van der Waals surface area contributed by atoms with Gasteiger partial charge in [-0.3, -0.25) is 0 Å². The van der Waals surface area contributed by atoms with Crippen molar-refractivity contribution in [2.45, 2.75) is 32.6 Å². The second kappa shape index (κ2) is 11.2. The van der Waals surface area contributed by atoms with Crippen molar-refractivity contribution < 1.29 is 0 Å². The summed E-state index contributed by atoms with van der Waals surface area (Å²) in [6.07, 6.45) is 3.99. The highest BCUT2D eigenvalue weighted by molar-refractivity contribution is 5.92. The van der Waals surface area contributed by atoms with Crippen LogP contribution in [-0.4, -0.2) is 0 Å². The lowest BCUT2D eigenvalue weighted by atomic mass is 9.97. The lowest BCUT2D eigenvalue weighted by Crippen LogP contribution is -2.17. The number of rotatable bonds is 3. The third-order valence-electron chi connectivity index (χ3n) is 9.44. The van der Waals surface area contributed by atoms with Crippen molar-refractivity contribution in [1.29, 1.82) is 5.26 Å². The quantitative estimate of drug-likeness (QED) is 0.209. The van der Waals surface area contributed by atoms with Gasteiger partial charge in [-0.2, -0.15) is 5.26 Å². The van der Waals surface area contributed by atoms with Gasteiger partial charge >= 0.3 is 0 Å². The van der Waals surface area contributed by atoms with Crippen LogP contribution in [0.25, 0.3) is 11.1 Å². The molecule has 6 aromatic carbocycles. The van der Waals surface area contributed by atoms with Crippen molar-refractivity contribution in [2.75, 3.05) is 9.80 Å². The summed E-state index contributed by atoms with van der Waals surface area (Å²) >= 11 is 0. The van der Waals surface area contributed by atoms with E-state index in [0.717, 1.165) is 48.2 Å². The van der Waals surface area contributed by atoms with Crippen LogP contribution in [0.3, 0.4) is 0 Å². The zero-order valence-electron chi connectivity index (χ0n) is 25.4. The summed E-state index contributed by atoms with van der Waals surface area (Å²) in [5.41, 5.74) is 16.7. The smallest absolute Gasteiger partial charge is 0.0991 e. The van der Waals surface area contributed by atoms with Crippen LogP contribution < -0.4 is 9.80 Å². The van der Waals surface area contributed by atoms with Gasteiger partial charge in [0, 0.05) is 22.7 Å². The van der Waals surface area contributed by atoms with Crippen LogP contribution >= 0.6 is 0 Å². The number of para-hydroxylation sites is 4. The Balaban J connectivity index is 1.45. The zero-order chi connectivity index (χ0) is 30.3.